The molecule has 1 aromatic carbocycles. The Morgan fingerprint density at radius 1 is 1.12 bits per heavy atom. The molecule has 2 aromatic rings. The molecule has 0 bridgehead atoms. The number of halogens is 1. The number of carbonyl (C=O) groups is 2. The summed E-state index contributed by atoms with van der Waals surface area (Å²) in [5.41, 5.74) is 1.32. The van der Waals surface area contributed by atoms with Crippen LogP contribution in [0.15, 0.2) is 41.0 Å². The van der Waals surface area contributed by atoms with Gasteiger partial charge in [-0.3, -0.25) is 9.59 Å². The minimum atomic E-state index is -0.333. The van der Waals surface area contributed by atoms with Crippen molar-refractivity contribution in [1.29, 1.82) is 0 Å². The summed E-state index contributed by atoms with van der Waals surface area (Å²) in [5.74, 6) is -0.319. The molecule has 0 radical (unpaired) electrons. The molecular weight excluding hydrogens is 335 g/mol. The van der Waals surface area contributed by atoms with Gasteiger partial charge in [0.25, 0.3) is 5.91 Å². The fourth-order valence-corrected chi connectivity index (χ4v) is 3.63. The lowest BCUT2D eigenvalue weighted by Crippen LogP contribution is -2.43. The molecule has 6 heteroatoms. The van der Waals surface area contributed by atoms with E-state index < -0.39 is 0 Å². The smallest absolute Gasteiger partial charge is 0.255 e. The van der Waals surface area contributed by atoms with Crippen LogP contribution in [-0.4, -0.2) is 24.9 Å². The standard InChI is InChI=1S/C20H23FN2O3/c1-14-17(8-11-26-14)19(25)22-12-18(24)23-13-20(9-2-3-10-20)15-4-6-16(21)7-5-15/h4-8,11H,2-3,9-10,12-13H2,1H3,(H,22,25)(H,23,24). The highest BCUT2D eigenvalue weighted by Gasteiger charge is 2.35. The summed E-state index contributed by atoms with van der Waals surface area (Å²) < 4.78 is 18.3. The zero-order valence-electron chi connectivity index (χ0n) is 14.8. The van der Waals surface area contributed by atoms with E-state index in [0.29, 0.717) is 17.9 Å². The normalized spacial score (nSPS) is 15.6. The van der Waals surface area contributed by atoms with Gasteiger partial charge in [0.15, 0.2) is 0 Å². The summed E-state index contributed by atoms with van der Waals surface area (Å²) >= 11 is 0. The molecule has 1 fully saturated rings. The molecule has 26 heavy (non-hydrogen) atoms. The summed E-state index contributed by atoms with van der Waals surface area (Å²) in [6.45, 7) is 2.09. The molecule has 0 saturated heterocycles. The van der Waals surface area contributed by atoms with Crippen LogP contribution in [0.2, 0.25) is 0 Å². The molecule has 1 saturated carbocycles. The van der Waals surface area contributed by atoms with E-state index in [1.54, 1.807) is 25.1 Å². The largest absolute Gasteiger partial charge is 0.469 e. The Balaban J connectivity index is 1.56. The highest BCUT2D eigenvalue weighted by atomic mass is 19.1. The fourth-order valence-electron chi connectivity index (χ4n) is 3.63. The van der Waals surface area contributed by atoms with Crippen molar-refractivity contribution in [3.05, 3.63) is 59.3 Å². The van der Waals surface area contributed by atoms with E-state index >= 15 is 0 Å². The number of hydrogen-bond donors (Lipinski definition) is 2. The van der Waals surface area contributed by atoms with Gasteiger partial charge in [-0.1, -0.05) is 25.0 Å². The first-order valence-electron chi connectivity index (χ1n) is 8.85. The summed E-state index contributed by atoms with van der Waals surface area (Å²) in [6, 6.07) is 8.10. The third kappa shape index (κ3) is 3.95. The van der Waals surface area contributed by atoms with E-state index in [4.69, 9.17) is 4.42 Å². The molecule has 0 aliphatic heterocycles. The van der Waals surface area contributed by atoms with Crippen LogP contribution in [0.1, 0.15) is 47.4 Å². The minimum Gasteiger partial charge on any atom is -0.469 e. The first kappa shape index (κ1) is 18.2. The number of amides is 2. The average molecular weight is 358 g/mol. The van der Waals surface area contributed by atoms with E-state index in [9.17, 15) is 14.0 Å². The van der Waals surface area contributed by atoms with Crippen LogP contribution in [-0.2, 0) is 10.2 Å². The Morgan fingerprint density at radius 2 is 1.81 bits per heavy atom. The first-order chi connectivity index (χ1) is 12.5. The molecule has 2 amide bonds. The van der Waals surface area contributed by atoms with Crippen LogP contribution in [0.5, 0.6) is 0 Å². The molecule has 1 aliphatic rings. The zero-order chi connectivity index (χ0) is 18.6. The lowest BCUT2D eigenvalue weighted by molar-refractivity contribution is -0.120. The molecule has 3 rings (SSSR count). The van der Waals surface area contributed by atoms with Gasteiger partial charge in [0.2, 0.25) is 5.91 Å². The molecular formula is C20H23FN2O3. The van der Waals surface area contributed by atoms with E-state index in [-0.39, 0.29) is 29.6 Å². The van der Waals surface area contributed by atoms with Crippen molar-refractivity contribution in [2.24, 2.45) is 0 Å². The maximum atomic E-state index is 13.2. The van der Waals surface area contributed by atoms with Crippen LogP contribution >= 0.6 is 0 Å². The zero-order valence-corrected chi connectivity index (χ0v) is 14.8. The maximum absolute atomic E-state index is 13.2. The number of nitrogens with one attached hydrogen (secondary N) is 2. The molecule has 0 unspecified atom stereocenters. The molecule has 138 valence electrons. The second kappa shape index (κ2) is 7.72. The van der Waals surface area contributed by atoms with Crippen molar-refractivity contribution >= 4 is 11.8 Å². The quantitative estimate of drug-likeness (QED) is 0.834. The van der Waals surface area contributed by atoms with Gasteiger partial charge in [0.05, 0.1) is 18.4 Å². The fraction of sp³-hybridized carbons (Fsp3) is 0.400. The average Bonchev–Trinajstić information content (AvgIpc) is 3.28. The summed E-state index contributed by atoms with van der Waals surface area (Å²) in [7, 11) is 0. The van der Waals surface area contributed by atoms with Crippen LogP contribution in [0.25, 0.3) is 0 Å². The Morgan fingerprint density at radius 3 is 2.42 bits per heavy atom. The van der Waals surface area contributed by atoms with Crippen molar-refractivity contribution in [2.75, 3.05) is 13.1 Å². The SMILES string of the molecule is Cc1occc1C(=O)NCC(=O)NCC1(c2ccc(F)cc2)CCCC1. The van der Waals surface area contributed by atoms with Crippen LogP contribution in [0.4, 0.5) is 4.39 Å². The summed E-state index contributed by atoms with van der Waals surface area (Å²) in [4.78, 5) is 24.2. The van der Waals surface area contributed by atoms with Gasteiger partial charge in [0, 0.05) is 12.0 Å². The third-order valence-electron chi connectivity index (χ3n) is 5.15. The number of rotatable bonds is 6. The van der Waals surface area contributed by atoms with Gasteiger partial charge >= 0.3 is 0 Å². The Labute approximate surface area is 152 Å². The van der Waals surface area contributed by atoms with E-state index in [1.807, 2.05) is 0 Å². The third-order valence-corrected chi connectivity index (χ3v) is 5.15. The highest BCUT2D eigenvalue weighted by molar-refractivity contribution is 5.97. The second-order valence-corrected chi connectivity index (χ2v) is 6.84. The number of carbonyl (C=O) groups excluding carboxylic acids is 2. The molecule has 1 aliphatic carbocycles. The second-order valence-electron chi connectivity index (χ2n) is 6.84. The molecule has 0 spiro atoms. The summed E-state index contributed by atoms with van der Waals surface area (Å²) in [5, 5.41) is 5.52. The summed E-state index contributed by atoms with van der Waals surface area (Å²) in [6.07, 6.45) is 5.53. The van der Waals surface area contributed by atoms with E-state index in [0.717, 1.165) is 31.2 Å². The molecule has 2 N–H and O–H groups in total. The Kier molecular flexibility index (Phi) is 5.40. The molecule has 1 heterocycles. The maximum Gasteiger partial charge on any atom is 0.255 e. The minimum absolute atomic E-state index is 0.0943. The van der Waals surface area contributed by atoms with E-state index in [1.165, 1.54) is 18.4 Å². The lowest BCUT2D eigenvalue weighted by Gasteiger charge is -2.30. The van der Waals surface area contributed by atoms with Gasteiger partial charge in [-0.05, 0) is 43.5 Å². The highest BCUT2D eigenvalue weighted by Crippen LogP contribution is 2.40. The van der Waals surface area contributed by atoms with Crippen LogP contribution < -0.4 is 10.6 Å². The predicted molar refractivity (Wildman–Crippen MR) is 95.3 cm³/mol. The number of benzene rings is 1. The number of hydrogen-bond acceptors (Lipinski definition) is 3. The Bertz CT molecular complexity index is 777. The monoisotopic (exact) mass is 358 g/mol. The number of furan rings is 1. The van der Waals surface area contributed by atoms with Crippen molar-refractivity contribution in [2.45, 2.75) is 38.0 Å². The van der Waals surface area contributed by atoms with Gasteiger partial charge in [-0.2, -0.15) is 0 Å². The van der Waals surface area contributed by atoms with Crippen molar-refractivity contribution in [3.63, 3.8) is 0 Å². The van der Waals surface area contributed by atoms with Crippen molar-refractivity contribution in [3.8, 4) is 0 Å². The molecule has 0 atom stereocenters. The topological polar surface area (TPSA) is 71.3 Å². The van der Waals surface area contributed by atoms with Gasteiger partial charge < -0.3 is 15.1 Å². The van der Waals surface area contributed by atoms with Gasteiger partial charge in [-0.25, -0.2) is 4.39 Å². The molecule has 5 nitrogen and oxygen atoms in total. The van der Waals surface area contributed by atoms with Crippen LogP contribution in [0.3, 0.4) is 0 Å². The van der Waals surface area contributed by atoms with Gasteiger partial charge in [-0.15, -0.1) is 0 Å². The van der Waals surface area contributed by atoms with Gasteiger partial charge in [0.1, 0.15) is 11.6 Å². The number of aryl methyl sites for hydroxylation is 1. The van der Waals surface area contributed by atoms with Crippen molar-refractivity contribution < 1.29 is 18.4 Å². The van der Waals surface area contributed by atoms with E-state index in [2.05, 4.69) is 10.6 Å². The first-order valence-corrected chi connectivity index (χ1v) is 8.85. The van der Waals surface area contributed by atoms with Crippen LogP contribution in [0, 0.1) is 12.7 Å². The molecule has 1 aromatic heterocycles. The lowest BCUT2D eigenvalue weighted by atomic mass is 9.79. The Hall–Kier alpha value is -2.63. The van der Waals surface area contributed by atoms with Crippen molar-refractivity contribution in [1.82, 2.24) is 10.6 Å². The predicted octanol–water partition coefficient (Wildman–Crippen LogP) is 3.09.